The number of hydrogen-bond donors (Lipinski definition) is 2. The highest BCUT2D eigenvalue weighted by molar-refractivity contribution is 7.89. The Morgan fingerprint density at radius 3 is 2.50 bits per heavy atom. The minimum Gasteiger partial charge on any atom is -0.349 e. The number of sulfonamides is 1. The fourth-order valence-electron chi connectivity index (χ4n) is 2.03. The number of nitrogens with two attached hydrogens (primary N) is 1. The van der Waals surface area contributed by atoms with Crippen molar-refractivity contribution in [2.75, 3.05) is 0 Å². The molecule has 0 radical (unpaired) electrons. The summed E-state index contributed by atoms with van der Waals surface area (Å²) >= 11 is 1.61. The molecule has 0 aliphatic heterocycles. The number of benzene rings is 1. The van der Waals surface area contributed by atoms with Crippen molar-refractivity contribution in [3.8, 4) is 0 Å². The normalized spacial score (nSPS) is 12.8. The molecule has 2 aromatic rings. The van der Waals surface area contributed by atoms with Crippen LogP contribution in [0.4, 0.5) is 0 Å². The smallest absolute Gasteiger partial charge is 0.238 e. The summed E-state index contributed by atoms with van der Waals surface area (Å²) in [5.74, 6) is -0.0311. The van der Waals surface area contributed by atoms with Crippen LogP contribution in [-0.2, 0) is 21.2 Å². The molecule has 1 amide bonds. The van der Waals surface area contributed by atoms with Crippen molar-refractivity contribution >= 4 is 27.3 Å². The Hall–Kier alpha value is -1.70. The molecule has 0 spiro atoms. The number of hydrogen-bond acceptors (Lipinski definition) is 4. The van der Waals surface area contributed by atoms with Gasteiger partial charge in [-0.15, -0.1) is 11.3 Å². The molecule has 7 heteroatoms. The summed E-state index contributed by atoms with van der Waals surface area (Å²) in [5.41, 5.74) is 0.895. The van der Waals surface area contributed by atoms with Gasteiger partial charge in [0.2, 0.25) is 15.9 Å². The molecule has 1 atom stereocenters. The Kier molecular flexibility index (Phi) is 5.33. The standard InChI is InChI=1S/C15H18N2O3S2/c1-11(14-3-2-10-21-14)17-15(18)9-6-12-4-7-13(8-5-12)22(16,19)20/h2-5,7-8,10-11H,6,9H2,1H3,(H,17,18)(H2,16,19,20)/t11-/m0/s1. The first-order chi connectivity index (χ1) is 10.4. The lowest BCUT2D eigenvalue weighted by Crippen LogP contribution is -2.26. The van der Waals surface area contributed by atoms with Crippen molar-refractivity contribution in [2.24, 2.45) is 5.14 Å². The number of aryl methyl sites for hydroxylation is 1. The summed E-state index contributed by atoms with van der Waals surface area (Å²) in [7, 11) is -3.67. The lowest BCUT2D eigenvalue weighted by molar-refractivity contribution is -0.121. The van der Waals surface area contributed by atoms with E-state index in [-0.39, 0.29) is 16.8 Å². The second-order valence-electron chi connectivity index (χ2n) is 4.99. The van der Waals surface area contributed by atoms with Gasteiger partial charge in [0.25, 0.3) is 0 Å². The zero-order chi connectivity index (χ0) is 16.2. The largest absolute Gasteiger partial charge is 0.349 e. The summed E-state index contributed by atoms with van der Waals surface area (Å²) in [6.07, 6.45) is 0.901. The molecular formula is C15H18N2O3S2. The van der Waals surface area contributed by atoms with E-state index in [2.05, 4.69) is 5.32 Å². The van der Waals surface area contributed by atoms with Gasteiger partial charge in [-0.25, -0.2) is 13.6 Å². The zero-order valence-electron chi connectivity index (χ0n) is 12.2. The third-order valence-electron chi connectivity index (χ3n) is 3.24. The third-order valence-corrected chi connectivity index (χ3v) is 5.22. The number of nitrogens with one attached hydrogen (secondary N) is 1. The molecule has 2 rings (SSSR count). The Bertz CT molecular complexity index is 723. The molecule has 1 aromatic heterocycles. The highest BCUT2D eigenvalue weighted by atomic mass is 32.2. The maximum Gasteiger partial charge on any atom is 0.238 e. The molecule has 0 bridgehead atoms. The first kappa shape index (κ1) is 16.7. The van der Waals surface area contributed by atoms with E-state index >= 15 is 0 Å². The molecule has 118 valence electrons. The summed E-state index contributed by atoms with van der Waals surface area (Å²) in [4.78, 5) is 13.1. The van der Waals surface area contributed by atoms with Gasteiger partial charge in [-0.3, -0.25) is 4.79 Å². The Balaban J connectivity index is 1.86. The molecule has 0 fully saturated rings. The fourth-order valence-corrected chi connectivity index (χ4v) is 3.28. The van der Waals surface area contributed by atoms with Crippen molar-refractivity contribution in [1.29, 1.82) is 0 Å². The molecule has 3 N–H and O–H groups in total. The molecule has 0 saturated heterocycles. The van der Waals surface area contributed by atoms with Gasteiger partial charge in [0, 0.05) is 11.3 Å². The van der Waals surface area contributed by atoms with Crippen molar-refractivity contribution in [3.63, 3.8) is 0 Å². The van der Waals surface area contributed by atoms with Gasteiger partial charge in [0.1, 0.15) is 0 Å². The Morgan fingerprint density at radius 2 is 1.95 bits per heavy atom. The van der Waals surface area contributed by atoms with Gasteiger partial charge in [-0.05, 0) is 42.5 Å². The van der Waals surface area contributed by atoms with Crippen LogP contribution >= 0.6 is 11.3 Å². The summed E-state index contributed by atoms with van der Waals surface area (Å²) < 4.78 is 22.3. The number of rotatable bonds is 6. The van der Waals surface area contributed by atoms with E-state index in [1.165, 1.54) is 12.1 Å². The van der Waals surface area contributed by atoms with Crippen LogP contribution in [0.3, 0.4) is 0 Å². The van der Waals surface area contributed by atoms with E-state index in [0.717, 1.165) is 10.4 Å². The monoisotopic (exact) mass is 338 g/mol. The molecule has 0 saturated carbocycles. The van der Waals surface area contributed by atoms with Gasteiger partial charge < -0.3 is 5.32 Å². The van der Waals surface area contributed by atoms with E-state index < -0.39 is 10.0 Å². The van der Waals surface area contributed by atoms with E-state index in [1.807, 2.05) is 24.4 Å². The van der Waals surface area contributed by atoms with Crippen molar-refractivity contribution in [1.82, 2.24) is 5.32 Å². The van der Waals surface area contributed by atoms with E-state index in [4.69, 9.17) is 5.14 Å². The first-order valence-corrected chi connectivity index (χ1v) is 9.23. The number of carbonyl (C=O) groups excluding carboxylic acids is 1. The van der Waals surface area contributed by atoms with Crippen LogP contribution in [-0.4, -0.2) is 14.3 Å². The summed E-state index contributed by atoms with van der Waals surface area (Å²) in [6.45, 7) is 1.95. The number of amides is 1. The SMILES string of the molecule is C[C@H](NC(=O)CCc1ccc(S(N)(=O)=O)cc1)c1cccs1. The maximum atomic E-state index is 11.9. The average molecular weight is 338 g/mol. The lowest BCUT2D eigenvalue weighted by atomic mass is 10.1. The lowest BCUT2D eigenvalue weighted by Gasteiger charge is -2.12. The van der Waals surface area contributed by atoms with Crippen LogP contribution in [0, 0.1) is 0 Å². The van der Waals surface area contributed by atoms with E-state index in [9.17, 15) is 13.2 Å². The quantitative estimate of drug-likeness (QED) is 0.846. The summed E-state index contributed by atoms with van der Waals surface area (Å²) in [6, 6.07) is 10.2. The van der Waals surface area contributed by atoms with Gasteiger partial charge in [-0.1, -0.05) is 18.2 Å². The molecule has 1 aromatic carbocycles. The van der Waals surface area contributed by atoms with Crippen molar-refractivity contribution in [3.05, 3.63) is 52.2 Å². The predicted molar refractivity (Wildman–Crippen MR) is 87.0 cm³/mol. The van der Waals surface area contributed by atoms with E-state index in [1.54, 1.807) is 23.5 Å². The van der Waals surface area contributed by atoms with Crippen LogP contribution in [0.25, 0.3) is 0 Å². The second-order valence-corrected chi connectivity index (χ2v) is 7.53. The van der Waals surface area contributed by atoms with Crippen molar-refractivity contribution in [2.45, 2.75) is 30.7 Å². The van der Waals surface area contributed by atoms with Crippen LogP contribution in [0.15, 0.2) is 46.7 Å². The predicted octanol–water partition coefficient (Wildman–Crippen LogP) is 2.21. The molecule has 0 aliphatic carbocycles. The molecule has 0 unspecified atom stereocenters. The number of primary sulfonamides is 1. The summed E-state index contributed by atoms with van der Waals surface area (Å²) in [5, 5.41) is 9.96. The minimum absolute atomic E-state index is 0.00254. The molecule has 22 heavy (non-hydrogen) atoms. The van der Waals surface area contributed by atoms with Gasteiger partial charge in [-0.2, -0.15) is 0 Å². The van der Waals surface area contributed by atoms with Crippen LogP contribution in [0.5, 0.6) is 0 Å². The third kappa shape index (κ3) is 4.66. The highest BCUT2D eigenvalue weighted by Gasteiger charge is 2.11. The first-order valence-electron chi connectivity index (χ1n) is 6.81. The van der Waals surface area contributed by atoms with Crippen LogP contribution in [0.2, 0.25) is 0 Å². The molecule has 5 nitrogen and oxygen atoms in total. The molecular weight excluding hydrogens is 320 g/mol. The Morgan fingerprint density at radius 1 is 1.27 bits per heavy atom. The number of carbonyl (C=O) groups is 1. The maximum absolute atomic E-state index is 11.9. The van der Waals surface area contributed by atoms with Crippen LogP contribution in [0.1, 0.15) is 29.8 Å². The molecule has 1 heterocycles. The average Bonchev–Trinajstić information content (AvgIpc) is 2.99. The van der Waals surface area contributed by atoms with Crippen molar-refractivity contribution < 1.29 is 13.2 Å². The highest BCUT2D eigenvalue weighted by Crippen LogP contribution is 2.18. The van der Waals surface area contributed by atoms with Crippen LogP contribution < -0.4 is 10.5 Å². The topological polar surface area (TPSA) is 89.3 Å². The van der Waals surface area contributed by atoms with Gasteiger partial charge in [0.15, 0.2) is 0 Å². The fraction of sp³-hybridized carbons (Fsp3) is 0.267. The zero-order valence-corrected chi connectivity index (χ0v) is 13.8. The Labute approximate surface area is 134 Å². The second kappa shape index (κ2) is 7.04. The minimum atomic E-state index is -3.67. The van der Waals surface area contributed by atoms with Gasteiger partial charge >= 0.3 is 0 Å². The number of thiophene rings is 1. The van der Waals surface area contributed by atoms with Gasteiger partial charge in [0.05, 0.1) is 10.9 Å². The molecule has 0 aliphatic rings. The van der Waals surface area contributed by atoms with E-state index in [0.29, 0.717) is 12.8 Å².